The number of nitrogens with zero attached hydrogens (tertiary/aromatic N) is 6. The molecule has 2 saturated heterocycles. The van der Waals surface area contributed by atoms with Gasteiger partial charge in [-0.15, -0.1) is 0 Å². The number of rotatable bonds is 8. The fourth-order valence-electron chi connectivity index (χ4n) is 4.88. The summed E-state index contributed by atoms with van der Waals surface area (Å²) in [5.74, 6) is 2.18. The summed E-state index contributed by atoms with van der Waals surface area (Å²) in [7, 11) is 0. The number of aliphatic hydroxyl groups excluding tert-OH is 2. The first-order valence-corrected chi connectivity index (χ1v) is 13.0. The molecule has 2 aliphatic heterocycles. The molecule has 3 aromatic rings. The van der Waals surface area contributed by atoms with Crippen LogP contribution in [0.2, 0.25) is 0 Å². The van der Waals surface area contributed by atoms with E-state index in [1.807, 2.05) is 11.0 Å². The molecule has 0 aliphatic carbocycles. The van der Waals surface area contributed by atoms with Gasteiger partial charge in [0.15, 0.2) is 5.82 Å². The van der Waals surface area contributed by atoms with E-state index in [-0.39, 0.29) is 13.2 Å². The average molecular weight is 512 g/mol. The molecule has 0 saturated carbocycles. The zero-order valence-corrected chi connectivity index (χ0v) is 21.1. The topological polar surface area (TPSA) is 120 Å². The number of hydrogen-bond acceptors (Lipinski definition) is 10. The summed E-state index contributed by atoms with van der Waals surface area (Å²) >= 11 is 0. The molecule has 3 aromatic heterocycles. The van der Waals surface area contributed by atoms with E-state index in [9.17, 15) is 9.50 Å². The van der Waals surface area contributed by atoms with Crippen LogP contribution in [0.4, 0.5) is 22.0 Å². The van der Waals surface area contributed by atoms with E-state index in [1.54, 1.807) is 31.5 Å². The van der Waals surface area contributed by atoms with Crippen molar-refractivity contribution >= 4 is 28.5 Å². The first kappa shape index (κ1) is 25.5. The van der Waals surface area contributed by atoms with Crippen LogP contribution in [0.5, 0.6) is 5.75 Å². The van der Waals surface area contributed by atoms with Crippen molar-refractivity contribution in [3.8, 4) is 5.75 Å². The Morgan fingerprint density at radius 2 is 1.97 bits per heavy atom. The van der Waals surface area contributed by atoms with Crippen LogP contribution in [0.3, 0.4) is 0 Å². The molecule has 2 fully saturated rings. The highest BCUT2D eigenvalue weighted by Crippen LogP contribution is 2.29. The van der Waals surface area contributed by atoms with Gasteiger partial charge in [0.1, 0.15) is 29.4 Å². The first-order chi connectivity index (χ1) is 18.0. The minimum atomic E-state index is -1.12. The molecule has 0 spiro atoms. The molecule has 37 heavy (non-hydrogen) atoms. The minimum Gasteiger partial charge on any atom is -0.486 e. The first-order valence-electron chi connectivity index (χ1n) is 13.0. The second kappa shape index (κ2) is 11.5. The highest BCUT2D eigenvalue weighted by Gasteiger charge is 2.30. The monoisotopic (exact) mass is 511 g/mol. The van der Waals surface area contributed by atoms with Crippen molar-refractivity contribution < 1.29 is 19.3 Å². The van der Waals surface area contributed by atoms with Gasteiger partial charge in [0.2, 0.25) is 5.95 Å². The molecule has 198 valence electrons. The van der Waals surface area contributed by atoms with Crippen molar-refractivity contribution in [2.75, 3.05) is 49.5 Å². The maximum absolute atomic E-state index is 14.5. The third kappa shape index (κ3) is 6.06. The van der Waals surface area contributed by atoms with Gasteiger partial charge in [-0.25, -0.2) is 24.3 Å². The van der Waals surface area contributed by atoms with Gasteiger partial charge in [0, 0.05) is 44.3 Å². The number of fused-ring (bicyclic) bond motifs is 1. The minimum absolute atomic E-state index is 0.0243. The lowest BCUT2D eigenvalue weighted by atomic mass is 10.1. The van der Waals surface area contributed by atoms with E-state index in [0.29, 0.717) is 42.7 Å². The summed E-state index contributed by atoms with van der Waals surface area (Å²) in [5.41, 5.74) is 1.33. The number of ether oxygens (including phenoxy) is 1. The number of likely N-dealkylation sites (tertiary alicyclic amines) is 1. The van der Waals surface area contributed by atoms with Crippen LogP contribution in [0.25, 0.3) is 10.9 Å². The third-order valence-electron chi connectivity index (χ3n) is 6.90. The van der Waals surface area contributed by atoms with Gasteiger partial charge in [-0.2, -0.15) is 0 Å². The Hall–Kier alpha value is -3.15. The molecule has 0 amide bonds. The van der Waals surface area contributed by atoms with E-state index < -0.39 is 18.4 Å². The van der Waals surface area contributed by atoms with Crippen LogP contribution in [-0.2, 0) is 0 Å². The standard InChI is InChI=1S/C26H34FN7O3/c1-17(36)21-13-18-14-29-26(32-24(18)25(30-21)34-8-3-2-4-9-34)31-23-6-5-19(15-28-23)37-22-7-10-33(11-12-35)16-20(22)27/h5-6,13-15,17,20,22,35-36H,2-4,7-12,16H2,1H3,(H,28,29,31,32)/t17-,20+,22-/m1/s1. The normalized spacial score (nSPS) is 21.7. The van der Waals surface area contributed by atoms with E-state index in [0.717, 1.165) is 42.7 Å². The molecule has 0 bridgehead atoms. The van der Waals surface area contributed by atoms with Crippen LogP contribution in [-0.4, -0.2) is 86.7 Å². The second-order valence-electron chi connectivity index (χ2n) is 9.72. The SMILES string of the molecule is C[C@@H](O)c1cc2cnc(Nc3ccc(O[C@@H]4CCN(CCO)C[C@@H]4F)cn3)nc2c(N2CCCCC2)n1. The molecule has 10 nitrogen and oxygen atoms in total. The third-order valence-corrected chi connectivity index (χ3v) is 6.90. The predicted molar refractivity (Wildman–Crippen MR) is 139 cm³/mol. The van der Waals surface area contributed by atoms with Crippen LogP contribution in [0, 0.1) is 0 Å². The number of halogens is 1. The number of alkyl halides is 1. The van der Waals surface area contributed by atoms with Crippen LogP contribution in [0.1, 0.15) is 44.4 Å². The number of aliphatic hydroxyl groups is 2. The Labute approximate surface area is 215 Å². The van der Waals surface area contributed by atoms with Crippen molar-refractivity contribution in [2.45, 2.75) is 51.0 Å². The van der Waals surface area contributed by atoms with Gasteiger partial charge in [-0.05, 0) is 50.8 Å². The Bertz CT molecular complexity index is 1190. The highest BCUT2D eigenvalue weighted by atomic mass is 19.1. The van der Waals surface area contributed by atoms with Crippen LogP contribution < -0.4 is 15.0 Å². The lowest BCUT2D eigenvalue weighted by Crippen LogP contribution is -2.47. The highest BCUT2D eigenvalue weighted by molar-refractivity contribution is 5.89. The van der Waals surface area contributed by atoms with Crippen molar-refractivity contribution in [1.29, 1.82) is 0 Å². The van der Waals surface area contributed by atoms with Gasteiger partial charge in [-0.1, -0.05) is 0 Å². The number of pyridine rings is 2. The summed E-state index contributed by atoms with van der Waals surface area (Å²) in [6.45, 7) is 4.95. The van der Waals surface area contributed by atoms with E-state index in [2.05, 4.69) is 20.2 Å². The summed E-state index contributed by atoms with van der Waals surface area (Å²) in [6.07, 6.45) is 4.90. The van der Waals surface area contributed by atoms with Crippen molar-refractivity contribution in [2.24, 2.45) is 0 Å². The molecule has 0 unspecified atom stereocenters. The number of piperidine rings is 2. The Kier molecular flexibility index (Phi) is 7.92. The summed E-state index contributed by atoms with van der Waals surface area (Å²) in [6, 6.07) is 5.32. The average Bonchev–Trinajstić information content (AvgIpc) is 2.91. The Balaban J connectivity index is 1.30. The maximum atomic E-state index is 14.5. The Morgan fingerprint density at radius 3 is 2.68 bits per heavy atom. The largest absolute Gasteiger partial charge is 0.486 e. The predicted octanol–water partition coefficient (Wildman–Crippen LogP) is 2.99. The van der Waals surface area contributed by atoms with Crippen molar-refractivity contribution in [3.05, 3.63) is 36.3 Å². The van der Waals surface area contributed by atoms with Gasteiger partial charge in [-0.3, -0.25) is 4.90 Å². The van der Waals surface area contributed by atoms with Crippen LogP contribution >= 0.6 is 0 Å². The Morgan fingerprint density at radius 1 is 1.14 bits per heavy atom. The number of β-amino-alcohol motifs (C(OH)–C–C–N with tert-alkyl or cyclic N) is 1. The molecule has 11 heteroatoms. The molecule has 2 aliphatic rings. The lowest BCUT2D eigenvalue weighted by molar-refractivity contribution is 0.0166. The summed E-state index contributed by atoms with van der Waals surface area (Å²) in [5, 5.41) is 23.2. The molecular formula is C26H34FN7O3. The van der Waals surface area contributed by atoms with E-state index >= 15 is 0 Å². The smallest absolute Gasteiger partial charge is 0.229 e. The molecule has 0 radical (unpaired) electrons. The van der Waals surface area contributed by atoms with Crippen molar-refractivity contribution in [3.63, 3.8) is 0 Å². The van der Waals surface area contributed by atoms with Crippen LogP contribution in [0.15, 0.2) is 30.6 Å². The van der Waals surface area contributed by atoms with E-state index in [1.165, 1.54) is 6.42 Å². The number of hydrogen-bond donors (Lipinski definition) is 3. The number of anilines is 3. The zero-order chi connectivity index (χ0) is 25.8. The molecule has 5 heterocycles. The molecule has 3 atom stereocenters. The number of aromatic nitrogens is 4. The summed E-state index contributed by atoms with van der Waals surface area (Å²) < 4.78 is 20.4. The molecular weight excluding hydrogens is 477 g/mol. The van der Waals surface area contributed by atoms with Gasteiger partial charge < -0.3 is 25.2 Å². The van der Waals surface area contributed by atoms with Crippen molar-refractivity contribution in [1.82, 2.24) is 24.8 Å². The quantitative estimate of drug-likeness (QED) is 0.416. The lowest BCUT2D eigenvalue weighted by Gasteiger charge is -2.34. The maximum Gasteiger partial charge on any atom is 0.229 e. The van der Waals surface area contributed by atoms with Gasteiger partial charge >= 0.3 is 0 Å². The number of nitrogens with one attached hydrogen (secondary N) is 1. The fourth-order valence-corrected chi connectivity index (χ4v) is 4.88. The van der Waals surface area contributed by atoms with Gasteiger partial charge in [0.25, 0.3) is 0 Å². The zero-order valence-electron chi connectivity index (χ0n) is 21.1. The fraction of sp³-hybridized carbons (Fsp3) is 0.538. The van der Waals surface area contributed by atoms with E-state index in [4.69, 9.17) is 19.8 Å². The molecule has 5 rings (SSSR count). The van der Waals surface area contributed by atoms with Gasteiger partial charge in [0.05, 0.1) is 24.6 Å². The molecule has 0 aromatic carbocycles. The second-order valence-corrected chi connectivity index (χ2v) is 9.72. The summed E-state index contributed by atoms with van der Waals surface area (Å²) in [4.78, 5) is 22.5. The molecule has 3 N–H and O–H groups in total.